The predicted molar refractivity (Wildman–Crippen MR) is 93.1 cm³/mol. The van der Waals surface area contributed by atoms with E-state index in [9.17, 15) is 0 Å². The average molecular weight is 269 g/mol. The highest BCUT2D eigenvalue weighted by molar-refractivity contribution is 5.86. The van der Waals surface area contributed by atoms with Gasteiger partial charge < -0.3 is 0 Å². The van der Waals surface area contributed by atoms with E-state index in [1.165, 1.54) is 11.1 Å². The van der Waals surface area contributed by atoms with Crippen molar-refractivity contribution in [3.05, 3.63) is 72.0 Å². The third-order valence-corrected chi connectivity index (χ3v) is 2.79. The van der Waals surface area contributed by atoms with E-state index in [1.807, 2.05) is 39.1 Å². The van der Waals surface area contributed by atoms with E-state index in [-0.39, 0.29) is 0 Å². The topological polar surface area (TPSA) is 12.4 Å². The normalized spacial score (nSPS) is 13.7. The summed E-state index contributed by atoms with van der Waals surface area (Å²) in [5.74, 6) is 0. The van der Waals surface area contributed by atoms with Gasteiger partial charge in [-0.1, -0.05) is 62.1 Å². The fraction of sp³-hybridized carbons (Fsp3) is 0.316. The molecular weight excluding hydrogens is 242 g/mol. The highest BCUT2D eigenvalue weighted by Gasteiger charge is 1.97. The minimum Gasteiger partial charge on any atom is -0.261 e. The molecule has 0 rings (SSSR count). The van der Waals surface area contributed by atoms with Gasteiger partial charge in [0.25, 0.3) is 0 Å². The minimum absolute atomic E-state index is 0.859. The minimum atomic E-state index is 0.859. The summed E-state index contributed by atoms with van der Waals surface area (Å²) in [5, 5.41) is 0. The Morgan fingerprint density at radius 1 is 1.10 bits per heavy atom. The van der Waals surface area contributed by atoms with Crippen LogP contribution in [-0.2, 0) is 0 Å². The van der Waals surface area contributed by atoms with Crippen molar-refractivity contribution in [3.8, 4) is 0 Å². The molecule has 0 aromatic heterocycles. The predicted octanol–water partition coefficient (Wildman–Crippen LogP) is 5.95. The van der Waals surface area contributed by atoms with Gasteiger partial charge in [-0.05, 0) is 44.8 Å². The third-order valence-electron chi connectivity index (χ3n) is 2.79. The Labute approximate surface area is 124 Å². The second kappa shape index (κ2) is 9.96. The first-order valence-electron chi connectivity index (χ1n) is 6.97. The second-order valence-electron chi connectivity index (χ2n) is 4.90. The van der Waals surface area contributed by atoms with Crippen LogP contribution in [-0.4, -0.2) is 6.21 Å². The molecule has 0 unspecified atom stereocenters. The Morgan fingerprint density at radius 3 is 2.20 bits per heavy atom. The molecule has 1 heteroatoms. The van der Waals surface area contributed by atoms with Crippen molar-refractivity contribution in [1.82, 2.24) is 0 Å². The monoisotopic (exact) mass is 269 g/mol. The summed E-state index contributed by atoms with van der Waals surface area (Å²) in [5.41, 5.74) is 5.43. The summed E-state index contributed by atoms with van der Waals surface area (Å²) in [6.45, 7) is 19.9. The van der Waals surface area contributed by atoms with Crippen molar-refractivity contribution >= 4 is 6.21 Å². The van der Waals surface area contributed by atoms with Crippen molar-refractivity contribution in [2.75, 3.05) is 0 Å². The van der Waals surface area contributed by atoms with Gasteiger partial charge in [0, 0.05) is 11.9 Å². The van der Waals surface area contributed by atoms with Crippen LogP contribution < -0.4 is 0 Å². The number of hydrogen-bond acceptors (Lipinski definition) is 1. The molecule has 0 aromatic carbocycles. The quantitative estimate of drug-likeness (QED) is 0.293. The first-order chi connectivity index (χ1) is 9.44. The zero-order valence-corrected chi connectivity index (χ0v) is 13.4. The number of allylic oxidation sites excluding steroid dienone is 9. The number of rotatable bonds is 8. The van der Waals surface area contributed by atoms with Crippen LogP contribution in [0.4, 0.5) is 0 Å². The number of hydrogen-bond donors (Lipinski definition) is 0. The molecule has 0 aliphatic carbocycles. The molecule has 0 N–H and O–H groups in total. The van der Waals surface area contributed by atoms with E-state index in [4.69, 9.17) is 0 Å². The van der Waals surface area contributed by atoms with Gasteiger partial charge in [-0.25, -0.2) is 0 Å². The van der Waals surface area contributed by atoms with Gasteiger partial charge in [0.05, 0.1) is 0 Å². The Hall–Kier alpha value is -1.89. The highest BCUT2D eigenvalue weighted by atomic mass is 14.7. The maximum absolute atomic E-state index is 4.35. The van der Waals surface area contributed by atoms with Crippen LogP contribution in [0.3, 0.4) is 0 Å². The summed E-state index contributed by atoms with van der Waals surface area (Å²) in [4.78, 5) is 4.35. The average Bonchev–Trinajstić information content (AvgIpc) is 2.41. The lowest BCUT2D eigenvalue weighted by Crippen LogP contribution is -1.89. The van der Waals surface area contributed by atoms with Gasteiger partial charge in [0.1, 0.15) is 0 Å². The Balaban J connectivity index is 5.13. The van der Waals surface area contributed by atoms with Crippen LogP contribution in [0, 0.1) is 0 Å². The first-order valence-corrected chi connectivity index (χ1v) is 6.97. The fourth-order valence-corrected chi connectivity index (χ4v) is 1.62. The lowest BCUT2D eigenvalue weighted by molar-refractivity contribution is 1.08. The molecule has 0 radical (unpaired) electrons. The SMILES string of the molecule is C=CC(=C/C=C(\C)CC(=C)C)/C(/C=N\C(=C)CC)=C/C. The lowest BCUT2D eigenvalue weighted by atomic mass is 10.0. The fourth-order valence-electron chi connectivity index (χ4n) is 1.62. The van der Waals surface area contributed by atoms with Crippen LogP contribution in [0.5, 0.6) is 0 Å². The molecule has 0 aromatic rings. The summed E-state index contributed by atoms with van der Waals surface area (Å²) >= 11 is 0. The van der Waals surface area contributed by atoms with Gasteiger partial charge in [-0.2, -0.15) is 0 Å². The maximum atomic E-state index is 4.35. The van der Waals surface area contributed by atoms with Gasteiger partial charge in [0.15, 0.2) is 0 Å². The van der Waals surface area contributed by atoms with Crippen LogP contribution >= 0.6 is 0 Å². The molecule has 0 aliphatic rings. The standard InChI is InChI=1S/C19H27N/c1-8-17(7)20-14-19(10-3)18(9-2)12-11-16(6)13-15(4)5/h9-12,14H,2,4,7-8,13H2,1,3,5-6H3/b16-11+,18-12-,19-10+,20-14-. The van der Waals surface area contributed by atoms with Gasteiger partial charge >= 0.3 is 0 Å². The van der Waals surface area contributed by atoms with Crippen LogP contribution in [0.25, 0.3) is 0 Å². The Bertz CT molecular complexity index is 482. The van der Waals surface area contributed by atoms with Gasteiger partial charge in [0.2, 0.25) is 0 Å². The van der Waals surface area contributed by atoms with Gasteiger partial charge in [-0.3, -0.25) is 4.99 Å². The lowest BCUT2D eigenvalue weighted by Gasteiger charge is -2.03. The Kier molecular flexibility index (Phi) is 9.02. The molecule has 0 saturated carbocycles. The molecule has 0 atom stereocenters. The zero-order valence-electron chi connectivity index (χ0n) is 13.4. The molecular formula is C19H27N. The molecule has 0 fully saturated rings. The molecule has 0 amide bonds. The summed E-state index contributed by atoms with van der Waals surface area (Å²) < 4.78 is 0. The highest BCUT2D eigenvalue weighted by Crippen LogP contribution is 2.13. The molecule has 20 heavy (non-hydrogen) atoms. The number of nitrogens with zero attached hydrogens (tertiary/aromatic N) is 1. The van der Waals surface area contributed by atoms with Crippen LogP contribution in [0.15, 0.2) is 77.0 Å². The van der Waals surface area contributed by atoms with E-state index >= 15 is 0 Å². The van der Waals surface area contributed by atoms with Crippen molar-refractivity contribution in [1.29, 1.82) is 0 Å². The first kappa shape index (κ1) is 18.1. The van der Waals surface area contributed by atoms with Crippen LogP contribution in [0.1, 0.15) is 40.5 Å². The molecule has 108 valence electrons. The Morgan fingerprint density at radius 2 is 1.75 bits per heavy atom. The third kappa shape index (κ3) is 7.52. The largest absolute Gasteiger partial charge is 0.261 e. The van der Waals surface area contributed by atoms with Crippen molar-refractivity contribution < 1.29 is 0 Å². The van der Waals surface area contributed by atoms with E-state index in [2.05, 4.69) is 43.8 Å². The van der Waals surface area contributed by atoms with E-state index < -0.39 is 0 Å². The second-order valence-corrected chi connectivity index (χ2v) is 4.90. The van der Waals surface area contributed by atoms with Crippen molar-refractivity contribution in [2.45, 2.75) is 40.5 Å². The molecule has 0 saturated heterocycles. The zero-order chi connectivity index (χ0) is 15.5. The molecule has 0 heterocycles. The van der Waals surface area contributed by atoms with E-state index in [0.717, 1.165) is 29.7 Å². The molecule has 0 bridgehead atoms. The summed E-state index contributed by atoms with van der Waals surface area (Å²) in [6.07, 6.45) is 11.7. The van der Waals surface area contributed by atoms with E-state index in [1.54, 1.807) is 0 Å². The molecule has 0 spiro atoms. The van der Waals surface area contributed by atoms with Crippen LogP contribution in [0.2, 0.25) is 0 Å². The summed E-state index contributed by atoms with van der Waals surface area (Å²) in [6, 6.07) is 0. The molecule has 0 aliphatic heterocycles. The number of aliphatic imine (C=N–C) groups is 1. The van der Waals surface area contributed by atoms with E-state index in [0.29, 0.717) is 0 Å². The summed E-state index contributed by atoms with van der Waals surface area (Å²) in [7, 11) is 0. The van der Waals surface area contributed by atoms with Crippen molar-refractivity contribution in [3.63, 3.8) is 0 Å². The van der Waals surface area contributed by atoms with Crippen molar-refractivity contribution in [2.24, 2.45) is 4.99 Å². The van der Waals surface area contributed by atoms with Gasteiger partial charge in [-0.15, -0.1) is 0 Å². The smallest absolute Gasteiger partial charge is 0.0346 e. The molecule has 1 nitrogen and oxygen atoms in total. The maximum Gasteiger partial charge on any atom is 0.0346 e.